The molecule has 0 fully saturated rings. The van der Waals surface area contributed by atoms with Gasteiger partial charge in [0.15, 0.2) is 0 Å². The van der Waals surface area contributed by atoms with Gasteiger partial charge >= 0.3 is 5.97 Å². The van der Waals surface area contributed by atoms with E-state index in [1.807, 2.05) is 0 Å². The van der Waals surface area contributed by atoms with Crippen molar-refractivity contribution >= 4 is 11.9 Å². The van der Waals surface area contributed by atoms with Gasteiger partial charge in [-0.15, -0.1) is 0 Å². The maximum Gasteiger partial charge on any atom is 0.339 e. The molecule has 0 spiro atoms. The minimum absolute atomic E-state index is 0.00259. The van der Waals surface area contributed by atoms with E-state index in [2.05, 4.69) is 25.4 Å². The van der Waals surface area contributed by atoms with E-state index in [0.717, 1.165) is 36.4 Å². The fourth-order valence-corrected chi connectivity index (χ4v) is 3.68. The number of hydrogen-bond donors (Lipinski definition) is 5. The van der Waals surface area contributed by atoms with Gasteiger partial charge in [-0.2, -0.15) is 0 Å². The van der Waals surface area contributed by atoms with Crippen LogP contribution >= 0.6 is 0 Å². The summed E-state index contributed by atoms with van der Waals surface area (Å²) in [4.78, 5) is 27.6. The zero-order chi connectivity index (χ0) is 34.9. The Morgan fingerprint density at radius 3 is 1.57 bits per heavy atom. The average Bonchev–Trinajstić information content (AvgIpc) is 3.02. The summed E-state index contributed by atoms with van der Waals surface area (Å²) in [5, 5.41) is 37.0. The zero-order valence-corrected chi connectivity index (χ0v) is 24.2. The lowest BCUT2D eigenvalue weighted by Gasteiger charge is -2.09. The number of aromatic hydroxyl groups is 2. The first-order chi connectivity index (χ1) is 22.4. The van der Waals surface area contributed by atoms with Crippen molar-refractivity contribution in [3.8, 4) is 33.8 Å². The van der Waals surface area contributed by atoms with E-state index < -0.39 is 40.9 Å². The normalized spacial score (nSPS) is 9.72. The number of carboxylic acid groups (broad SMARTS) is 1. The molecule has 0 bridgehead atoms. The van der Waals surface area contributed by atoms with Crippen LogP contribution in [0.5, 0.6) is 11.5 Å². The van der Waals surface area contributed by atoms with Crippen LogP contribution in [0, 0.1) is 23.3 Å². The molecule has 0 aromatic heterocycles. The summed E-state index contributed by atoms with van der Waals surface area (Å²) >= 11 is 0. The predicted molar refractivity (Wildman–Crippen MR) is 163 cm³/mol. The predicted octanol–water partition coefficient (Wildman–Crippen LogP) is 6.67. The zero-order valence-electron chi connectivity index (χ0n) is 24.2. The molecule has 0 saturated heterocycles. The number of hydrogen-bond acceptors (Lipinski definition) is 7. The lowest BCUT2D eigenvalue weighted by Crippen LogP contribution is -2.25. The van der Waals surface area contributed by atoms with Crippen LogP contribution in [0.2, 0.25) is 0 Å². The molecule has 0 radical (unpaired) electrons. The Balaban J connectivity index is 0.000000284. The number of phenolic OH excluding ortho intramolecular Hbond substituents is 1. The van der Waals surface area contributed by atoms with Crippen LogP contribution in [0.15, 0.2) is 83.0 Å². The maximum atomic E-state index is 13.7. The molecular formula is C30H26F4N8O5. The molecular weight excluding hydrogens is 628 g/mol. The molecule has 13 nitrogen and oxygen atoms in total. The number of amides is 1. The summed E-state index contributed by atoms with van der Waals surface area (Å²) in [5.41, 5.74) is 21.2. The van der Waals surface area contributed by atoms with Crippen molar-refractivity contribution < 1.29 is 42.5 Å². The van der Waals surface area contributed by atoms with E-state index >= 15 is 0 Å². The van der Waals surface area contributed by atoms with Gasteiger partial charge in [-0.1, -0.05) is 22.4 Å². The van der Waals surface area contributed by atoms with Gasteiger partial charge in [0.1, 0.15) is 40.3 Å². The van der Waals surface area contributed by atoms with Gasteiger partial charge in [-0.3, -0.25) is 4.79 Å². The van der Waals surface area contributed by atoms with Gasteiger partial charge < -0.3 is 26.4 Å². The lowest BCUT2D eigenvalue weighted by atomic mass is 10.0. The van der Waals surface area contributed by atoms with Crippen LogP contribution in [0.3, 0.4) is 0 Å². The van der Waals surface area contributed by atoms with Gasteiger partial charge in [0.2, 0.25) is 0 Å². The van der Waals surface area contributed by atoms with Crippen molar-refractivity contribution in [3.63, 3.8) is 0 Å². The first-order valence-corrected chi connectivity index (χ1v) is 13.2. The van der Waals surface area contributed by atoms with Crippen molar-refractivity contribution in [2.45, 2.75) is 0 Å². The maximum absolute atomic E-state index is 13.7. The smallest absolute Gasteiger partial charge is 0.339 e. The number of nitrogens with zero attached hydrogens (tertiary/aromatic N) is 6. The minimum atomic E-state index is -1.28. The highest BCUT2D eigenvalue weighted by molar-refractivity contribution is 5.97. The Morgan fingerprint density at radius 1 is 0.723 bits per heavy atom. The summed E-state index contributed by atoms with van der Waals surface area (Å²) in [6, 6.07) is 13.7. The second kappa shape index (κ2) is 18.5. The Kier molecular flexibility index (Phi) is 14.5. The molecule has 0 aliphatic heterocycles. The van der Waals surface area contributed by atoms with Crippen LogP contribution in [-0.4, -0.2) is 53.4 Å². The number of azide groups is 2. The van der Waals surface area contributed by atoms with Crippen molar-refractivity contribution in [2.75, 3.05) is 26.2 Å². The summed E-state index contributed by atoms with van der Waals surface area (Å²) in [7, 11) is 0. The molecule has 6 N–H and O–H groups in total. The molecule has 1 amide bonds. The number of aromatic carboxylic acids is 1. The summed E-state index contributed by atoms with van der Waals surface area (Å²) in [6.07, 6.45) is 0. The minimum Gasteiger partial charge on any atom is -0.507 e. The third-order valence-corrected chi connectivity index (χ3v) is 5.81. The van der Waals surface area contributed by atoms with E-state index in [1.165, 1.54) is 36.4 Å². The number of benzene rings is 4. The molecule has 4 rings (SSSR count). The molecule has 4 aromatic carbocycles. The van der Waals surface area contributed by atoms with Gasteiger partial charge in [-0.05, 0) is 77.3 Å². The Hall–Kier alpha value is -6.28. The molecule has 4 aromatic rings. The molecule has 0 atom stereocenters. The van der Waals surface area contributed by atoms with Gasteiger partial charge in [0, 0.05) is 52.7 Å². The van der Waals surface area contributed by atoms with E-state index in [9.17, 15) is 37.4 Å². The van der Waals surface area contributed by atoms with Crippen LogP contribution < -0.4 is 11.1 Å². The van der Waals surface area contributed by atoms with Gasteiger partial charge in [-0.25, -0.2) is 22.4 Å². The highest BCUT2D eigenvalue weighted by Gasteiger charge is 2.14. The standard InChI is InChI=1S/C15H12F2N4O2.C13H8F2O3.C2H6N4/c16-10-2-4-11(13(17)8-10)9-1-3-12(14(22)7-9)15(23)19-5-6-20-21-18;14-8-2-4-9(11(15)6-8)7-1-3-10(13(17)18)12(16)5-7;3-1-2-5-6-4/h1-4,7-8,22H,5-6H2,(H,19,23);1-6,16H,(H,17,18);1-3H2. The summed E-state index contributed by atoms with van der Waals surface area (Å²) < 4.78 is 52.9. The molecule has 0 aliphatic rings. The molecule has 0 aliphatic carbocycles. The van der Waals surface area contributed by atoms with Crippen molar-refractivity contribution in [1.82, 2.24) is 5.32 Å². The van der Waals surface area contributed by atoms with Crippen LogP contribution in [0.1, 0.15) is 20.7 Å². The van der Waals surface area contributed by atoms with Gasteiger partial charge in [0.05, 0.1) is 5.56 Å². The second-order valence-corrected chi connectivity index (χ2v) is 8.97. The van der Waals surface area contributed by atoms with Crippen LogP contribution in [-0.2, 0) is 0 Å². The number of halogens is 4. The number of rotatable bonds is 9. The van der Waals surface area contributed by atoms with E-state index in [-0.39, 0.29) is 46.7 Å². The number of carbonyl (C=O) groups excluding carboxylic acids is 1. The number of phenols is 2. The molecule has 47 heavy (non-hydrogen) atoms. The van der Waals surface area contributed by atoms with Gasteiger partial charge in [0.25, 0.3) is 5.91 Å². The third kappa shape index (κ3) is 11.3. The largest absolute Gasteiger partial charge is 0.507 e. The number of nitrogens with one attached hydrogen (secondary N) is 1. The van der Waals surface area contributed by atoms with E-state index in [4.69, 9.17) is 21.9 Å². The highest BCUT2D eigenvalue weighted by Crippen LogP contribution is 2.30. The lowest BCUT2D eigenvalue weighted by molar-refractivity contribution is 0.0693. The topological polar surface area (TPSA) is 230 Å². The number of carbonyl (C=O) groups is 2. The highest BCUT2D eigenvalue weighted by atomic mass is 19.1. The van der Waals surface area contributed by atoms with Crippen LogP contribution in [0.4, 0.5) is 17.6 Å². The Labute approximate surface area is 263 Å². The molecule has 244 valence electrons. The van der Waals surface area contributed by atoms with Crippen molar-refractivity contribution in [3.05, 3.63) is 128 Å². The fraction of sp³-hybridized carbons (Fsp3) is 0.133. The number of nitrogens with two attached hydrogens (primary N) is 1. The first-order valence-electron chi connectivity index (χ1n) is 13.2. The van der Waals surface area contributed by atoms with Crippen molar-refractivity contribution in [1.29, 1.82) is 0 Å². The van der Waals surface area contributed by atoms with Crippen LogP contribution in [0.25, 0.3) is 43.1 Å². The van der Waals surface area contributed by atoms with Crippen molar-refractivity contribution in [2.24, 2.45) is 16.0 Å². The molecule has 17 heteroatoms. The average molecular weight is 655 g/mol. The second-order valence-electron chi connectivity index (χ2n) is 8.97. The Morgan fingerprint density at radius 2 is 1.19 bits per heavy atom. The van der Waals surface area contributed by atoms with E-state index in [0.29, 0.717) is 18.7 Å². The van der Waals surface area contributed by atoms with E-state index in [1.54, 1.807) is 0 Å². The fourth-order valence-electron chi connectivity index (χ4n) is 3.68. The molecule has 0 heterocycles. The molecule has 0 saturated carbocycles. The monoisotopic (exact) mass is 654 g/mol. The third-order valence-electron chi connectivity index (χ3n) is 5.81. The summed E-state index contributed by atoms with van der Waals surface area (Å²) in [6.45, 7) is 1.04. The summed E-state index contributed by atoms with van der Waals surface area (Å²) in [5.74, 6) is -5.60. The quantitative estimate of drug-likeness (QED) is 0.0434. The SMILES string of the molecule is O=C(O)c1ccc(-c2ccc(F)cc2F)cc1O.[N-]=[N+]=NCCN.[N-]=[N+]=NCCNC(=O)c1ccc(-c2ccc(F)cc2F)cc1O. The number of carboxylic acids is 1. The Bertz CT molecular complexity index is 1830. The molecule has 0 unspecified atom stereocenters. The first kappa shape index (κ1) is 36.9.